The average Bonchev–Trinajstić information content (AvgIpc) is 2.85. The topological polar surface area (TPSA) is 37.3 Å². The molecule has 126 valence electrons. The zero-order chi connectivity index (χ0) is 16.4. The average molecular weight is 314 g/mol. The Bertz CT molecular complexity index is 613. The van der Waals surface area contributed by atoms with Crippen LogP contribution in [-0.2, 0) is 4.79 Å². The molecule has 0 unspecified atom stereocenters. The van der Waals surface area contributed by atoms with E-state index in [1.165, 1.54) is 18.4 Å². The monoisotopic (exact) mass is 314 g/mol. The lowest BCUT2D eigenvalue weighted by Crippen LogP contribution is -2.42. The van der Waals surface area contributed by atoms with E-state index in [9.17, 15) is 9.90 Å². The van der Waals surface area contributed by atoms with Crippen molar-refractivity contribution in [2.24, 2.45) is 22.7 Å². The van der Waals surface area contributed by atoms with E-state index in [2.05, 4.69) is 19.9 Å². The molecule has 0 radical (unpaired) electrons. The van der Waals surface area contributed by atoms with Crippen LogP contribution in [0.1, 0.15) is 72.1 Å². The number of carbonyl (C=O) groups is 1. The summed E-state index contributed by atoms with van der Waals surface area (Å²) >= 11 is 0. The van der Waals surface area contributed by atoms with Crippen molar-refractivity contribution in [1.82, 2.24) is 0 Å². The van der Waals surface area contributed by atoms with E-state index in [-0.39, 0.29) is 22.9 Å². The fraction of sp³-hybridized carbons (Fsp3) is 0.762. The predicted octanol–water partition coefficient (Wildman–Crippen LogP) is 4.58. The highest BCUT2D eigenvalue weighted by Gasteiger charge is 2.54. The summed E-state index contributed by atoms with van der Waals surface area (Å²) in [7, 11) is 0. The molecular weight excluding hydrogens is 284 g/mol. The first-order valence-electron chi connectivity index (χ1n) is 9.46. The van der Waals surface area contributed by atoms with Crippen molar-refractivity contribution in [1.29, 1.82) is 0 Å². The van der Waals surface area contributed by atoms with Crippen LogP contribution in [0.3, 0.4) is 0 Å². The number of fused-ring (bicyclic) bond motifs is 4. The Hall–Kier alpha value is -0.890. The van der Waals surface area contributed by atoms with Crippen LogP contribution < -0.4 is 0 Å². The number of allylic oxidation sites excluding steroid dienone is 3. The van der Waals surface area contributed by atoms with E-state index < -0.39 is 0 Å². The third-order valence-electron chi connectivity index (χ3n) is 7.93. The molecule has 23 heavy (non-hydrogen) atoms. The first kappa shape index (κ1) is 15.6. The highest BCUT2D eigenvalue weighted by Crippen LogP contribution is 2.63. The number of ketones is 1. The van der Waals surface area contributed by atoms with Gasteiger partial charge in [0.05, 0.1) is 6.10 Å². The maximum atomic E-state index is 12.1. The first-order chi connectivity index (χ1) is 10.9. The minimum atomic E-state index is -0.140. The maximum Gasteiger partial charge on any atom is 0.133 e. The van der Waals surface area contributed by atoms with Crippen LogP contribution in [0.2, 0.25) is 0 Å². The second kappa shape index (κ2) is 5.05. The summed E-state index contributed by atoms with van der Waals surface area (Å²) in [4.78, 5) is 12.1. The van der Waals surface area contributed by atoms with E-state index in [0.29, 0.717) is 11.7 Å². The molecule has 0 amide bonds. The molecule has 2 heteroatoms. The number of aliphatic hydroxyl groups is 1. The smallest absolute Gasteiger partial charge is 0.133 e. The molecule has 2 fully saturated rings. The van der Waals surface area contributed by atoms with E-state index in [4.69, 9.17) is 0 Å². The van der Waals surface area contributed by atoms with Gasteiger partial charge in [0.25, 0.3) is 0 Å². The Morgan fingerprint density at radius 1 is 1.22 bits per heavy atom. The number of rotatable bonds is 1. The Balaban J connectivity index is 1.72. The number of aliphatic hydroxyl groups excluding tert-OH is 1. The van der Waals surface area contributed by atoms with Gasteiger partial charge in [-0.3, -0.25) is 4.79 Å². The second-order valence-electron chi connectivity index (χ2n) is 8.96. The van der Waals surface area contributed by atoms with Gasteiger partial charge in [-0.25, -0.2) is 0 Å². The summed E-state index contributed by atoms with van der Waals surface area (Å²) in [6, 6.07) is 0. The molecule has 4 aliphatic rings. The standard InChI is InChI=1S/C21H30O2/c1-13(22)17-6-7-18-16-5-4-14-12-15(23)8-10-20(14,2)19(16)9-11-21(17,18)3/h4,15,17-18,23H,5-12H2,1-3H3/t15-,17+,18-,20-,21+/m0/s1. The molecule has 5 atom stereocenters. The number of Topliss-reactive ketones (excluding diaryl/α,β-unsaturated/α-hetero) is 1. The summed E-state index contributed by atoms with van der Waals surface area (Å²) in [5.41, 5.74) is 5.24. The van der Waals surface area contributed by atoms with Gasteiger partial charge >= 0.3 is 0 Å². The van der Waals surface area contributed by atoms with Gasteiger partial charge in [-0.15, -0.1) is 0 Å². The zero-order valence-electron chi connectivity index (χ0n) is 14.8. The lowest BCUT2D eigenvalue weighted by atomic mass is 9.54. The van der Waals surface area contributed by atoms with Gasteiger partial charge in [0.1, 0.15) is 5.78 Å². The fourth-order valence-electron chi connectivity index (χ4n) is 6.57. The summed E-state index contributed by atoms with van der Waals surface area (Å²) in [6.07, 6.45) is 10.9. The largest absolute Gasteiger partial charge is 0.393 e. The quantitative estimate of drug-likeness (QED) is 0.719. The Morgan fingerprint density at radius 3 is 2.74 bits per heavy atom. The fourth-order valence-corrected chi connectivity index (χ4v) is 6.57. The molecule has 0 aromatic heterocycles. The molecule has 0 spiro atoms. The van der Waals surface area contributed by atoms with E-state index in [1.54, 1.807) is 18.1 Å². The number of hydrogen-bond donors (Lipinski definition) is 1. The molecule has 0 aliphatic heterocycles. The minimum Gasteiger partial charge on any atom is -0.393 e. The van der Waals surface area contributed by atoms with Gasteiger partial charge < -0.3 is 5.11 Å². The van der Waals surface area contributed by atoms with Crippen LogP contribution in [-0.4, -0.2) is 17.0 Å². The SMILES string of the molecule is CC(=O)[C@H]1CC[C@H]2C3=C(CC[C@]12C)[C@@]1(C)CC[C@H](O)CC1=CC3. The van der Waals surface area contributed by atoms with Gasteiger partial charge in [0, 0.05) is 11.3 Å². The van der Waals surface area contributed by atoms with Gasteiger partial charge in [-0.05, 0) is 69.6 Å². The molecule has 0 saturated heterocycles. The van der Waals surface area contributed by atoms with E-state index in [1.807, 2.05) is 0 Å². The molecule has 0 bridgehead atoms. The van der Waals surface area contributed by atoms with Crippen molar-refractivity contribution in [3.63, 3.8) is 0 Å². The Morgan fingerprint density at radius 2 is 2.00 bits per heavy atom. The van der Waals surface area contributed by atoms with E-state index in [0.717, 1.165) is 38.5 Å². The van der Waals surface area contributed by atoms with Gasteiger partial charge in [-0.2, -0.15) is 0 Å². The molecule has 4 rings (SSSR count). The Labute approximate surface area is 140 Å². The van der Waals surface area contributed by atoms with Crippen molar-refractivity contribution in [3.05, 3.63) is 22.8 Å². The van der Waals surface area contributed by atoms with Crippen LogP contribution in [0.4, 0.5) is 0 Å². The van der Waals surface area contributed by atoms with Crippen molar-refractivity contribution < 1.29 is 9.90 Å². The summed E-state index contributed by atoms with van der Waals surface area (Å²) in [5, 5.41) is 10.1. The normalized spacial score (nSPS) is 45.9. The lowest BCUT2D eigenvalue weighted by molar-refractivity contribution is -0.124. The molecule has 2 nitrogen and oxygen atoms in total. The van der Waals surface area contributed by atoms with Crippen LogP contribution in [0, 0.1) is 22.7 Å². The lowest BCUT2D eigenvalue weighted by Gasteiger charge is -2.51. The third-order valence-corrected chi connectivity index (χ3v) is 7.93. The van der Waals surface area contributed by atoms with Crippen molar-refractivity contribution in [2.75, 3.05) is 0 Å². The highest BCUT2D eigenvalue weighted by molar-refractivity contribution is 5.79. The minimum absolute atomic E-state index is 0.140. The number of carbonyl (C=O) groups excluding carboxylic acids is 1. The molecule has 0 aromatic carbocycles. The maximum absolute atomic E-state index is 12.1. The molecule has 0 heterocycles. The molecule has 4 aliphatic carbocycles. The molecule has 2 saturated carbocycles. The summed E-state index contributed by atoms with van der Waals surface area (Å²) in [6.45, 7) is 6.59. The van der Waals surface area contributed by atoms with E-state index >= 15 is 0 Å². The van der Waals surface area contributed by atoms with Gasteiger partial charge in [0.15, 0.2) is 0 Å². The highest BCUT2D eigenvalue weighted by atomic mass is 16.3. The van der Waals surface area contributed by atoms with Gasteiger partial charge in [-0.1, -0.05) is 36.6 Å². The zero-order valence-corrected chi connectivity index (χ0v) is 14.8. The molecule has 0 aromatic rings. The Kier molecular flexibility index (Phi) is 3.43. The van der Waals surface area contributed by atoms with Crippen molar-refractivity contribution in [2.45, 2.75) is 78.2 Å². The first-order valence-corrected chi connectivity index (χ1v) is 9.46. The van der Waals surface area contributed by atoms with Gasteiger partial charge in [0.2, 0.25) is 0 Å². The van der Waals surface area contributed by atoms with Crippen LogP contribution in [0.25, 0.3) is 0 Å². The third kappa shape index (κ3) is 2.06. The summed E-state index contributed by atoms with van der Waals surface area (Å²) in [5.74, 6) is 1.28. The predicted molar refractivity (Wildman–Crippen MR) is 91.9 cm³/mol. The number of hydrogen-bond acceptors (Lipinski definition) is 2. The van der Waals surface area contributed by atoms with Crippen LogP contribution in [0.5, 0.6) is 0 Å². The van der Waals surface area contributed by atoms with Crippen LogP contribution >= 0.6 is 0 Å². The second-order valence-corrected chi connectivity index (χ2v) is 8.96. The van der Waals surface area contributed by atoms with Crippen molar-refractivity contribution in [3.8, 4) is 0 Å². The molecular formula is C21H30O2. The summed E-state index contributed by atoms with van der Waals surface area (Å²) < 4.78 is 0. The molecule has 1 N–H and O–H groups in total. The van der Waals surface area contributed by atoms with Crippen molar-refractivity contribution >= 4 is 5.78 Å². The van der Waals surface area contributed by atoms with Crippen LogP contribution in [0.15, 0.2) is 22.8 Å².